The van der Waals surface area contributed by atoms with Crippen LogP contribution >= 0.6 is 0 Å². The molecule has 0 saturated heterocycles. The highest BCUT2D eigenvalue weighted by Gasteiger charge is 2.15. The average Bonchev–Trinajstić information content (AvgIpc) is 2.48. The highest BCUT2D eigenvalue weighted by Crippen LogP contribution is 2.17. The van der Waals surface area contributed by atoms with E-state index in [2.05, 4.69) is 5.32 Å². The fourth-order valence-electron chi connectivity index (χ4n) is 1.72. The van der Waals surface area contributed by atoms with Gasteiger partial charge in [0.05, 0.1) is 7.11 Å². The Labute approximate surface area is 122 Å². The maximum atomic E-state index is 13.0. The van der Waals surface area contributed by atoms with Gasteiger partial charge in [-0.3, -0.25) is 4.79 Å². The first-order chi connectivity index (χ1) is 10.1. The van der Waals surface area contributed by atoms with Crippen molar-refractivity contribution in [2.24, 2.45) is 0 Å². The minimum Gasteiger partial charge on any atom is -0.497 e. The molecular formula is C16H16FNO3. The zero-order chi connectivity index (χ0) is 15.2. The summed E-state index contributed by atoms with van der Waals surface area (Å²) in [5.41, 5.74) is 0.635. The van der Waals surface area contributed by atoms with Gasteiger partial charge in [0.25, 0.3) is 5.91 Å². The van der Waals surface area contributed by atoms with Gasteiger partial charge < -0.3 is 14.8 Å². The van der Waals surface area contributed by atoms with Crippen molar-refractivity contribution in [2.45, 2.75) is 13.0 Å². The number of rotatable bonds is 5. The van der Waals surface area contributed by atoms with Crippen molar-refractivity contribution in [2.75, 3.05) is 12.4 Å². The average molecular weight is 289 g/mol. The number of hydrogen-bond donors (Lipinski definition) is 1. The summed E-state index contributed by atoms with van der Waals surface area (Å²) in [6, 6.07) is 12.6. The summed E-state index contributed by atoms with van der Waals surface area (Å²) < 4.78 is 23.5. The standard InChI is InChI=1S/C16H16FNO3/c1-11(21-15-5-3-4-12(17)10-15)16(19)18-13-6-8-14(20-2)9-7-13/h3-11H,1-2H3,(H,18,19). The molecule has 0 aliphatic rings. The Kier molecular flexibility index (Phi) is 4.77. The van der Waals surface area contributed by atoms with E-state index < -0.39 is 11.9 Å². The van der Waals surface area contributed by atoms with E-state index in [-0.39, 0.29) is 5.91 Å². The SMILES string of the molecule is COc1ccc(NC(=O)C(C)Oc2cccc(F)c2)cc1. The fraction of sp³-hybridized carbons (Fsp3) is 0.188. The summed E-state index contributed by atoms with van der Waals surface area (Å²) in [5.74, 6) is 0.295. The summed E-state index contributed by atoms with van der Waals surface area (Å²) in [6.07, 6.45) is -0.742. The number of amides is 1. The van der Waals surface area contributed by atoms with Crippen LogP contribution in [0.15, 0.2) is 48.5 Å². The molecule has 2 aromatic carbocycles. The van der Waals surface area contributed by atoms with Crippen molar-refractivity contribution in [1.82, 2.24) is 0 Å². The molecule has 2 aromatic rings. The minimum atomic E-state index is -0.742. The normalized spacial score (nSPS) is 11.6. The molecule has 5 heteroatoms. The summed E-state index contributed by atoms with van der Waals surface area (Å²) >= 11 is 0. The number of anilines is 1. The molecule has 0 saturated carbocycles. The monoisotopic (exact) mass is 289 g/mol. The van der Waals surface area contributed by atoms with Crippen LogP contribution in [0.3, 0.4) is 0 Å². The van der Waals surface area contributed by atoms with E-state index in [1.54, 1.807) is 44.4 Å². The van der Waals surface area contributed by atoms with Gasteiger partial charge in [0.2, 0.25) is 0 Å². The van der Waals surface area contributed by atoms with Crippen LogP contribution in [-0.2, 0) is 4.79 Å². The summed E-state index contributed by atoms with van der Waals surface area (Å²) in [6.45, 7) is 1.60. The number of benzene rings is 2. The van der Waals surface area contributed by atoms with E-state index in [4.69, 9.17) is 9.47 Å². The summed E-state index contributed by atoms with van der Waals surface area (Å²) in [5, 5.41) is 2.71. The lowest BCUT2D eigenvalue weighted by Crippen LogP contribution is -2.30. The fourth-order valence-corrected chi connectivity index (χ4v) is 1.72. The largest absolute Gasteiger partial charge is 0.497 e. The maximum absolute atomic E-state index is 13.0. The molecular weight excluding hydrogens is 273 g/mol. The van der Waals surface area contributed by atoms with Crippen molar-refractivity contribution in [3.05, 3.63) is 54.3 Å². The Hall–Kier alpha value is -2.56. The van der Waals surface area contributed by atoms with Crippen molar-refractivity contribution in [3.8, 4) is 11.5 Å². The lowest BCUT2D eigenvalue weighted by molar-refractivity contribution is -0.122. The van der Waals surface area contributed by atoms with Crippen LogP contribution in [-0.4, -0.2) is 19.1 Å². The smallest absolute Gasteiger partial charge is 0.265 e. The summed E-state index contributed by atoms with van der Waals surface area (Å²) in [7, 11) is 1.57. The number of nitrogens with one attached hydrogen (secondary N) is 1. The minimum absolute atomic E-state index is 0.312. The number of carbonyl (C=O) groups excluding carboxylic acids is 1. The number of ether oxygens (including phenoxy) is 2. The molecule has 0 bridgehead atoms. The molecule has 0 aliphatic carbocycles. The molecule has 110 valence electrons. The number of carbonyl (C=O) groups is 1. The quantitative estimate of drug-likeness (QED) is 0.919. The van der Waals surface area contributed by atoms with E-state index >= 15 is 0 Å². The van der Waals surface area contributed by atoms with Crippen LogP contribution in [0.4, 0.5) is 10.1 Å². The van der Waals surface area contributed by atoms with E-state index in [0.29, 0.717) is 17.2 Å². The molecule has 0 aromatic heterocycles. The topological polar surface area (TPSA) is 47.6 Å². The van der Waals surface area contributed by atoms with Crippen LogP contribution < -0.4 is 14.8 Å². The van der Waals surface area contributed by atoms with Crippen LogP contribution in [0.25, 0.3) is 0 Å². The van der Waals surface area contributed by atoms with E-state index in [1.807, 2.05) is 0 Å². The van der Waals surface area contributed by atoms with Crippen LogP contribution in [0.5, 0.6) is 11.5 Å². The predicted molar refractivity (Wildman–Crippen MR) is 78.1 cm³/mol. The Balaban J connectivity index is 1.95. The first-order valence-corrected chi connectivity index (χ1v) is 6.45. The zero-order valence-corrected chi connectivity index (χ0v) is 11.8. The van der Waals surface area contributed by atoms with E-state index in [1.165, 1.54) is 18.2 Å². The third-order valence-corrected chi connectivity index (χ3v) is 2.84. The third-order valence-electron chi connectivity index (χ3n) is 2.84. The van der Waals surface area contributed by atoms with E-state index in [0.717, 1.165) is 0 Å². The molecule has 0 radical (unpaired) electrons. The van der Waals surface area contributed by atoms with Crippen molar-refractivity contribution in [1.29, 1.82) is 0 Å². The molecule has 1 atom stereocenters. The lowest BCUT2D eigenvalue weighted by Gasteiger charge is -2.15. The van der Waals surface area contributed by atoms with Gasteiger partial charge in [-0.1, -0.05) is 6.07 Å². The maximum Gasteiger partial charge on any atom is 0.265 e. The van der Waals surface area contributed by atoms with Gasteiger partial charge in [-0.15, -0.1) is 0 Å². The Bertz CT molecular complexity index is 613. The molecule has 1 amide bonds. The van der Waals surface area contributed by atoms with Crippen molar-refractivity contribution < 1.29 is 18.7 Å². The van der Waals surface area contributed by atoms with Gasteiger partial charge in [0.15, 0.2) is 6.10 Å². The van der Waals surface area contributed by atoms with Crippen LogP contribution in [0.2, 0.25) is 0 Å². The van der Waals surface area contributed by atoms with Crippen LogP contribution in [0, 0.1) is 5.82 Å². The van der Waals surface area contributed by atoms with Crippen molar-refractivity contribution in [3.63, 3.8) is 0 Å². The third kappa shape index (κ3) is 4.21. The van der Waals surface area contributed by atoms with Gasteiger partial charge in [-0.25, -0.2) is 4.39 Å². The zero-order valence-electron chi connectivity index (χ0n) is 11.8. The molecule has 0 aliphatic heterocycles. The number of halogens is 1. The van der Waals surface area contributed by atoms with E-state index in [9.17, 15) is 9.18 Å². The molecule has 0 fully saturated rings. The highest BCUT2D eigenvalue weighted by molar-refractivity contribution is 5.94. The first-order valence-electron chi connectivity index (χ1n) is 6.45. The van der Waals surface area contributed by atoms with Gasteiger partial charge in [-0.05, 0) is 43.3 Å². The van der Waals surface area contributed by atoms with Gasteiger partial charge >= 0.3 is 0 Å². The Morgan fingerprint density at radius 2 is 1.86 bits per heavy atom. The van der Waals surface area contributed by atoms with Gasteiger partial charge in [0, 0.05) is 11.8 Å². The molecule has 1 N–H and O–H groups in total. The highest BCUT2D eigenvalue weighted by atomic mass is 19.1. The summed E-state index contributed by atoms with van der Waals surface area (Å²) in [4.78, 5) is 12.0. The second-order valence-corrected chi connectivity index (χ2v) is 4.44. The Morgan fingerprint density at radius 1 is 1.14 bits per heavy atom. The number of methoxy groups -OCH3 is 1. The molecule has 0 spiro atoms. The lowest BCUT2D eigenvalue weighted by atomic mass is 10.2. The second kappa shape index (κ2) is 6.74. The van der Waals surface area contributed by atoms with Crippen LogP contribution in [0.1, 0.15) is 6.92 Å². The molecule has 21 heavy (non-hydrogen) atoms. The predicted octanol–water partition coefficient (Wildman–Crippen LogP) is 3.24. The molecule has 2 rings (SSSR count). The first kappa shape index (κ1) is 14.8. The second-order valence-electron chi connectivity index (χ2n) is 4.44. The van der Waals surface area contributed by atoms with Gasteiger partial charge in [-0.2, -0.15) is 0 Å². The Morgan fingerprint density at radius 3 is 2.48 bits per heavy atom. The molecule has 1 unspecified atom stereocenters. The van der Waals surface area contributed by atoms with Gasteiger partial charge in [0.1, 0.15) is 17.3 Å². The molecule has 0 heterocycles. The molecule has 4 nitrogen and oxygen atoms in total. The van der Waals surface area contributed by atoms with Crippen molar-refractivity contribution >= 4 is 11.6 Å². The number of hydrogen-bond acceptors (Lipinski definition) is 3.